The van der Waals surface area contributed by atoms with Crippen molar-refractivity contribution >= 4 is 22.9 Å². The zero-order valence-electron chi connectivity index (χ0n) is 24.9. The Morgan fingerprint density at radius 1 is 0.756 bits per heavy atom. The fourth-order valence-corrected chi connectivity index (χ4v) is 5.57. The van der Waals surface area contributed by atoms with E-state index in [1.165, 1.54) is 5.56 Å². The van der Waals surface area contributed by atoms with Gasteiger partial charge >= 0.3 is 0 Å². The molecule has 4 aromatic carbocycles. The summed E-state index contributed by atoms with van der Waals surface area (Å²) in [5, 5.41) is 9.75. The first-order valence-electron chi connectivity index (χ1n) is 14.5. The minimum absolute atomic E-state index is 0.0872. The lowest BCUT2D eigenvalue weighted by Crippen LogP contribution is -2.03. The standard InChI is InChI=1S/C36H30N6O3/c1-43-29-19-18-26(20-30(29)44-2)21-38-45-23-31-39-36-33-32(27-14-8-4-9-15-27)34(28-16-10-5-11-17-28)41(22-25-12-6-3-7-13-25)35(33)37-24-42(36)40-31/h3-21,24H,22-23H2,1-2H3. The van der Waals surface area contributed by atoms with Crippen LogP contribution in [-0.2, 0) is 18.0 Å². The topological polar surface area (TPSA) is 88.1 Å². The minimum atomic E-state index is 0.0872. The molecule has 0 unspecified atom stereocenters. The molecule has 0 spiro atoms. The summed E-state index contributed by atoms with van der Waals surface area (Å²) in [5.41, 5.74) is 7.80. The Kier molecular flexibility index (Phi) is 7.63. The molecule has 0 saturated carbocycles. The van der Waals surface area contributed by atoms with Gasteiger partial charge in [-0.15, -0.1) is 5.10 Å². The van der Waals surface area contributed by atoms with Crippen molar-refractivity contribution in [1.82, 2.24) is 24.1 Å². The van der Waals surface area contributed by atoms with Crippen molar-refractivity contribution in [3.8, 4) is 33.9 Å². The molecule has 0 aliphatic heterocycles. The average molecular weight is 595 g/mol. The highest BCUT2D eigenvalue weighted by molar-refractivity contribution is 6.09. The predicted molar refractivity (Wildman–Crippen MR) is 175 cm³/mol. The number of benzene rings is 4. The number of fused-ring (bicyclic) bond motifs is 3. The molecule has 3 aromatic heterocycles. The maximum atomic E-state index is 5.62. The fourth-order valence-electron chi connectivity index (χ4n) is 5.57. The second-order valence-electron chi connectivity index (χ2n) is 10.4. The van der Waals surface area contributed by atoms with Crippen molar-refractivity contribution in [3.05, 3.63) is 132 Å². The SMILES string of the molecule is COc1ccc(C=NOCc2nc3c4c(-c5ccccc5)c(-c5ccccc5)n(Cc5ccccc5)c4ncn3n2)cc1OC. The van der Waals surface area contributed by atoms with E-state index in [1.807, 2.05) is 36.4 Å². The van der Waals surface area contributed by atoms with E-state index in [1.54, 1.807) is 31.3 Å². The molecule has 0 aliphatic rings. The number of aromatic nitrogens is 5. The molecule has 0 bridgehead atoms. The Labute approximate surface area is 260 Å². The number of hydrogen-bond donors (Lipinski definition) is 0. The lowest BCUT2D eigenvalue weighted by atomic mass is 9.99. The van der Waals surface area contributed by atoms with Gasteiger partial charge in [0.1, 0.15) is 12.0 Å². The van der Waals surface area contributed by atoms with Gasteiger partial charge in [-0.05, 0) is 34.9 Å². The van der Waals surface area contributed by atoms with E-state index >= 15 is 0 Å². The molecule has 0 fully saturated rings. The smallest absolute Gasteiger partial charge is 0.192 e. The number of ether oxygens (including phenoxy) is 2. The quantitative estimate of drug-likeness (QED) is 0.125. The van der Waals surface area contributed by atoms with E-state index in [-0.39, 0.29) is 6.61 Å². The lowest BCUT2D eigenvalue weighted by molar-refractivity contribution is 0.126. The van der Waals surface area contributed by atoms with Gasteiger partial charge in [0.15, 0.2) is 29.6 Å². The number of nitrogens with zero attached hydrogens (tertiary/aromatic N) is 6. The lowest BCUT2D eigenvalue weighted by Gasteiger charge is -2.13. The highest BCUT2D eigenvalue weighted by Gasteiger charge is 2.25. The molecular weight excluding hydrogens is 564 g/mol. The van der Waals surface area contributed by atoms with Crippen LogP contribution in [0, 0.1) is 0 Å². The molecule has 222 valence electrons. The van der Waals surface area contributed by atoms with Gasteiger partial charge in [-0.2, -0.15) is 0 Å². The summed E-state index contributed by atoms with van der Waals surface area (Å²) in [4.78, 5) is 15.5. The summed E-state index contributed by atoms with van der Waals surface area (Å²) in [6, 6.07) is 36.8. The van der Waals surface area contributed by atoms with E-state index < -0.39 is 0 Å². The zero-order valence-corrected chi connectivity index (χ0v) is 24.9. The summed E-state index contributed by atoms with van der Waals surface area (Å²) in [7, 11) is 3.20. The van der Waals surface area contributed by atoms with Crippen LogP contribution in [0.4, 0.5) is 0 Å². The number of oxime groups is 1. The first-order chi connectivity index (χ1) is 22.2. The highest BCUT2D eigenvalue weighted by Crippen LogP contribution is 2.42. The van der Waals surface area contributed by atoms with Gasteiger partial charge in [-0.25, -0.2) is 14.5 Å². The molecule has 0 amide bonds. The van der Waals surface area contributed by atoms with Gasteiger partial charge in [0.2, 0.25) is 0 Å². The second-order valence-corrected chi connectivity index (χ2v) is 10.4. The molecule has 9 heteroatoms. The van der Waals surface area contributed by atoms with Crippen molar-refractivity contribution in [1.29, 1.82) is 0 Å². The first kappa shape index (κ1) is 27.8. The third kappa shape index (κ3) is 5.47. The average Bonchev–Trinajstić information content (AvgIpc) is 3.66. The van der Waals surface area contributed by atoms with Gasteiger partial charge in [-0.1, -0.05) is 96.2 Å². The van der Waals surface area contributed by atoms with Crippen molar-refractivity contribution in [2.45, 2.75) is 13.2 Å². The monoisotopic (exact) mass is 594 g/mol. The Morgan fingerprint density at radius 3 is 2.16 bits per heavy atom. The van der Waals surface area contributed by atoms with Crippen LogP contribution in [0.15, 0.2) is 121 Å². The molecule has 9 nitrogen and oxygen atoms in total. The summed E-state index contributed by atoms with van der Waals surface area (Å²) in [6.07, 6.45) is 3.33. The molecule has 0 atom stereocenters. The van der Waals surface area contributed by atoms with Gasteiger partial charge in [0.25, 0.3) is 0 Å². The van der Waals surface area contributed by atoms with Gasteiger partial charge in [0, 0.05) is 17.7 Å². The molecule has 7 aromatic rings. The molecule has 3 heterocycles. The number of rotatable bonds is 10. The van der Waals surface area contributed by atoms with E-state index in [0.717, 1.165) is 39.0 Å². The van der Waals surface area contributed by atoms with Crippen LogP contribution in [0.5, 0.6) is 11.5 Å². The van der Waals surface area contributed by atoms with Gasteiger partial charge < -0.3 is 18.9 Å². The van der Waals surface area contributed by atoms with Crippen molar-refractivity contribution in [2.24, 2.45) is 5.16 Å². The number of hydrogen-bond acceptors (Lipinski definition) is 7. The second kappa shape index (κ2) is 12.3. The highest BCUT2D eigenvalue weighted by atomic mass is 16.6. The minimum Gasteiger partial charge on any atom is -0.493 e. The van der Waals surface area contributed by atoms with E-state index in [4.69, 9.17) is 24.3 Å². The molecule has 45 heavy (non-hydrogen) atoms. The molecular formula is C36H30N6O3. The largest absolute Gasteiger partial charge is 0.493 e. The number of methoxy groups -OCH3 is 2. The van der Waals surface area contributed by atoms with Crippen LogP contribution >= 0.6 is 0 Å². The summed E-state index contributed by atoms with van der Waals surface area (Å²) < 4.78 is 14.7. The molecule has 0 aliphatic carbocycles. The fraction of sp³-hybridized carbons (Fsp3) is 0.111. The van der Waals surface area contributed by atoms with E-state index in [2.05, 4.69) is 87.6 Å². The van der Waals surface area contributed by atoms with Crippen molar-refractivity contribution in [3.63, 3.8) is 0 Å². The van der Waals surface area contributed by atoms with E-state index in [9.17, 15) is 0 Å². The van der Waals surface area contributed by atoms with Crippen LogP contribution in [0.3, 0.4) is 0 Å². The predicted octanol–water partition coefficient (Wildman–Crippen LogP) is 7.03. The van der Waals surface area contributed by atoms with Crippen LogP contribution in [0.2, 0.25) is 0 Å². The molecule has 0 N–H and O–H groups in total. The Hall–Kier alpha value is -5.96. The summed E-state index contributed by atoms with van der Waals surface area (Å²) in [6.45, 7) is 0.733. The zero-order chi connectivity index (χ0) is 30.6. The summed E-state index contributed by atoms with van der Waals surface area (Å²) >= 11 is 0. The van der Waals surface area contributed by atoms with Gasteiger partial charge in [-0.3, -0.25) is 0 Å². The Balaban J connectivity index is 1.32. The van der Waals surface area contributed by atoms with Crippen molar-refractivity contribution in [2.75, 3.05) is 14.2 Å². The third-order valence-electron chi connectivity index (χ3n) is 7.59. The molecule has 0 saturated heterocycles. The van der Waals surface area contributed by atoms with Crippen LogP contribution in [-0.4, -0.2) is 44.6 Å². The third-order valence-corrected chi connectivity index (χ3v) is 7.59. The Morgan fingerprint density at radius 2 is 1.44 bits per heavy atom. The first-order valence-corrected chi connectivity index (χ1v) is 14.5. The van der Waals surface area contributed by atoms with Gasteiger partial charge in [0.05, 0.1) is 31.5 Å². The van der Waals surface area contributed by atoms with Crippen LogP contribution in [0.25, 0.3) is 39.1 Å². The van der Waals surface area contributed by atoms with Crippen molar-refractivity contribution < 1.29 is 14.3 Å². The van der Waals surface area contributed by atoms with E-state index in [0.29, 0.717) is 29.5 Å². The summed E-state index contributed by atoms with van der Waals surface area (Å²) in [5.74, 6) is 1.75. The maximum absolute atomic E-state index is 5.62. The van der Waals surface area contributed by atoms with Crippen LogP contribution < -0.4 is 9.47 Å². The van der Waals surface area contributed by atoms with Crippen LogP contribution in [0.1, 0.15) is 17.0 Å². The normalized spacial score (nSPS) is 11.4. The Bertz CT molecular complexity index is 2110. The molecule has 0 radical (unpaired) electrons. The maximum Gasteiger partial charge on any atom is 0.192 e. The molecule has 7 rings (SSSR count).